The Morgan fingerprint density at radius 2 is 1.94 bits per heavy atom. The maximum absolute atomic E-state index is 10.3. The van der Waals surface area contributed by atoms with Crippen molar-refractivity contribution < 1.29 is 9.84 Å². The molecule has 18 heavy (non-hydrogen) atoms. The molecule has 2 nitrogen and oxygen atoms in total. The predicted molar refractivity (Wildman–Crippen MR) is 74.4 cm³/mol. The lowest BCUT2D eigenvalue weighted by Gasteiger charge is -2.53. The third-order valence-corrected chi connectivity index (χ3v) is 5.62. The Balaban J connectivity index is 2.17. The Kier molecular flexibility index (Phi) is 3.63. The number of methoxy groups -OCH3 is 1. The minimum Gasteiger partial charge on any atom is -0.390 e. The molecule has 104 valence electrons. The fraction of sp³-hybridized carbons (Fsp3) is 0.875. The molecule has 0 aliphatic heterocycles. The highest BCUT2D eigenvalue weighted by atomic mass is 16.5. The average Bonchev–Trinajstić information content (AvgIpc) is 2.34. The van der Waals surface area contributed by atoms with E-state index < -0.39 is 0 Å². The zero-order chi connectivity index (χ0) is 13.6. The van der Waals surface area contributed by atoms with Crippen molar-refractivity contribution in [3.8, 4) is 0 Å². The number of allylic oxidation sites excluding steroid dienone is 1. The standard InChI is InChI=1S/C16H28O2/c1-11-6-7-14(17)16(4,18-5)9-8-13-12(11)10-15(13,2)3/h12-14,17H,1,6-10H2,2-5H3/t12-,13-,14-,16+/m1/s1. The van der Waals surface area contributed by atoms with E-state index in [4.69, 9.17) is 4.74 Å². The van der Waals surface area contributed by atoms with Gasteiger partial charge in [-0.25, -0.2) is 0 Å². The van der Waals surface area contributed by atoms with E-state index in [0.717, 1.165) is 25.7 Å². The summed E-state index contributed by atoms with van der Waals surface area (Å²) in [4.78, 5) is 0. The lowest BCUT2D eigenvalue weighted by molar-refractivity contribution is -0.105. The lowest BCUT2D eigenvalue weighted by atomic mass is 9.52. The molecule has 2 aliphatic rings. The van der Waals surface area contributed by atoms with Gasteiger partial charge < -0.3 is 9.84 Å². The molecule has 0 bridgehead atoms. The van der Waals surface area contributed by atoms with Crippen LogP contribution in [0.4, 0.5) is 0 Å². The summed E-state index contributed by atoms with van der Waals surface area (Å²) in [5.41, 5.74) is 1.39. The summed E-state index contributed by atoms with van der Waals surface area (Å²) in [6, 6.07) is 0. The molecule has 0 aromatic rings. The molecule has 2 saturated carbocycles. The SMILES string of the molecule is C=C1CC[C@@H](O)[C@@](C)(OC)CC[C@@H]2[C@@H]1CC2(C)C. The van der Waals surface area contributed by atoms with E-state index in [-0.39, 0.29) is 11.7 Å². The number of aliphatic hydroxyl groups is 1. The van der Waals surface area contributed by atoms with Gasteiger partial charge in [-0.05, 0) is 56.3 Å². The summed E-state index contributed by atoms with van der Waals surface area (Å²) in [6.45, 7) is 11.0. The number of fused-ring (bicyclic) bond motifs is 1. The van der Waals surface area contributed by atoms with Gasteiger partial charge in [0, 0.05) is 7.11 Å². The monoisotopic (exact) mass is 252 g/mol. The van der Waals surface area contributed by atoms with E-state index in [0.29, 0.717) is 17.3 Å². The molecule has 0 aromatic heterocycles. The average molecular weight is 252 g/mol. The molecule has 0 amide bonds. The molecule has 2 fully saturated rings. The first-order valence-electron chi connectivity index (χ1n) is 7.21. The molecule has 0 saturated heterocycles. The number of ether oxygens (including phenoxy) is 1. The van der Waals surface area contributed by atoms with Gasteiger partial charge in [0.15, 0.2) is 0 Å². The van der Waals surface area contributed by atoms with Crippen LogP contribution in [0.3, 0.4) is 0 Å². The summed E-state index contributed by atoms with van der Waals surface area (Å²) < 4.78 is 5.61. The third-order valence-electron chi connectivity index (χ3n) is 5.62. The van der Waals surface area contributed by atoms with Crippen molar-refractivity contribution in [3.63, 3.8) is 0 Å². The minimum atomic E-state index is -0.388. The molecular weight excluding hydrogens is 224 g/mol. The third kappa shape index (κ3) is 2.25. The van der Waals surface area contributed by atoms with Crippen molar-refractivity contribution in [2.75, 3.05) is 7.11 Å². The van der Waals surface area contributed by atoms with Crippen LogP contribution in [0.5, 0.6) is 0 Å². The predicted octanol–water partition coefficient (Wildman–Crippen LogP) is 3.54. The van der Waals surface area contributed by atoms with Crippen molar-refractivity contribution in [1.29, 1.82) is 0 Å². The number of hydrogen-bond donors (Lipinski definition) is 1. The first-order chi connectivity index (χ1) is 8.30. The molecular formula is C16H28O2. The molecule has 0 radical (unpaired) electrons. The van der Waals surface area contributed by atoms with Crippen LogP contribution in [0, 0.1) is 17.3 Å². The van der Waals surface area contributed by atoms with Gasteiger partial charge in [0.05, 0.1) is 11.7 Å². The number of aliphatic hydroxyl groups excluding tert-OH is 1. The van der Waals surface area contributed by atoms with Crippen molar-refractivity contribution in [3.05, 3.63) is 12.2 Å². The van der Waals surface area contributed by atoms with Crippen LogP contribution in [-0.4, -0.2) is 23.9 Å². The molecule has 1 N–H and O–H groups in total. The molecule has 2 rings (SSSR count). The first kappa shape index (κ1) is 14.1. The zero-order valence-corrected chi connectivity index (χ0v) is 12.3. The van der Waals surface area contributed by atoms with Gasteiger partial charge in [0.25, 0.3) is 0 Å². The Morgan fingerprint density at radius 3 is 2.50 bits per heavy atom. The smallest absolute Gasteiger partial charge is 0.0908 e. The van der Waals surface area contributed by atoms with Gasteiger partial charge in [0.2, 0.25) is 0 Å². The van der Waals surface area contributed by atoms with Crippen LogP contribution in [0.25, 0.3) is 0 Å². The van der Waals surface area contributed by atoms with Gasteiger partial charge in [0.1, 0.15) is 0 Å². The molecule has 0 heterocycles. The fourth-order valence-electron chi connectivity index (χ4n) is 3.92. The number of hydrogen-bond acceptors (Lipinski definition) is 2. The van der Waals surface area contributed by atoms with Crippen molar-refractivity contribution in [1.82, 2.24) is 0 Å². The molecule has 2 aliphatic carbocycles. The van der Waals surface area contributed by atoms with Crippen molar-refractivity contribution in [2.24, 2.45) is 17.3 Å². The van der Waals surface area contributed by atoms with Crippen molar-refractivity contribution in [2.45, 2.75) is 64.6 Å². The van der Waals surface area contributed by atoms with Gasteiger partial charge in [-0.2, -0.15) is 0 Å². The molecule has 0 aromatic carbocycles. The van der Waals surface area contributed by atoms with E-state index in [2.05, 4.69) is 20.4 Å². The van der Waals surface area contributed by atoms with Gasteiger partial charge in [-0.1, -0.05) is 26.0 Å². The molecule has 0 spiro atoms. The Hall–Kier alpha value is -0.340. The van der Waals surface area contributed by atoms with Crippen LogP contribution >= 0.6 is 0 Å². The maximum atomic E-state index is 10.3. The van der Waals surface area contributed by atoms with Crippen LogP contribution in [0.1, 0.15) is 52.9 Å². The maximum Gasteiger partial charge on any atom is 0.0908 e. The van der Waals surface area contributed by atoms with Crippen molar-refractivity contribution >= 4 is 0 Å². The second kappa shape index (κ2) is 4.64. The van der Waals surface area contributed by atoms with Crippen LogP contribution < -0.4 is 0 Å². The topological polar surface area (TPSA) is 29.5 Å². The van der Waals surface area contributed by atoms with Crippen LogP contribution in [0.2, 0.25) is 0 Å². The highest BCUT2D eigenvalue weighted by Crippen LogP contribution is 2.57. The van der Waals surface area contributed by atoms with Crippen LogP contribution in [0.15, 0.2) is 12.2 Å². The first-order valence-corrected chi connectivity index (χ1v) is 7.21. The largest absolute Gasteiger partial charge is 0.390 e. The minimum absolute atomic E-state index is 0.375. The highest BCUT2D eigenvalue weighted by Gasteiger charge is 2.49. The van der Waals surface area contributed by atoms with E-state index in [1.54, 1.807) is 7.11 Å². The van der Waals surface area contributed by atoms with Gasteiger partial charge in [-0.3, -0.25) is 0 Å². The van der Waals surface area contributed by atoms with Crippen LogP contribution in [-0.2, 0) is 4.74 Å². The second-order valence-electron chi connectivity index (χ2n) is 7.17. The summed E-state index contributed by atoms with van der Waals surface area (Å²) in [5, 5.41) is 10.3. The normalized spacial score (nSPS) is 44.3. The fourth-order valence-corrected chi connectivity index (χ4v) is 3.92. The van der Waals surface area contributed by atoms with E-state index in [9.17, 15) is 5.11 Å². The van der Waals surface area contributed by atoms with E-state index in [1.807, 2.05) is 6.92 Å². The molecule has 4 atom stereocenters. The highest BCUT2D eigenvalue weighted by molar-refractivity contribution is 5.14. The quantitative estimate of drug-likeness (QED) is 0.723. The molecule has 2 heteroatoms. The Bertz CT molecular complexity index is 334. The summed E-state index contributed by atoms with van der Waals surface area (Å²) in [5.74, 6) is 1.39. The zero-order valence-electron chi connectivity index (χ0n) is 12.3. The second-order valence-corrected chi connectivity index (χ2v) is 7.17. The summed E-state index contributed by atoms with van der Waals surface area (Å²) >= 11 is 0. The van der Waals surface area contributed by atoms with Gasteiger partial charge in [-0.15, -0.1) is 0 Å². The van der Waals surface area contributed by atoms with E-state index in [1.165, 1.54) is 12.0 Å². The Labute approximate surface area is 111 Å². The summed E-state index contributed by atoms with van der Waals surface area (Å²) in [6.07, 6.45) is 4.70. The van der Waals surface area contributed by atoms with Gasteiger partial charge >= 0.3 is 0 Å². The Morgan fingerprint density at radius 1 is 1.28 bits per heavy atom. The number of rotatable bonds is 1. The van der Waals surface area contributed by atoms with E-state index >= 15 is 0 Å². The lowest BCUT2D eigenvalue weighted by Crippen LogP contribution is -2.46. The summed E-state index contributed by atoms with van der Waals surface area (Å²) in [7, 11) is 1.72. The molecule has 0 unspecified atom stereocenters.